The second-order valence-corrected chi connectivity index (χ2v) is 7.30. The van der Waals surface area contributed by atoms with Crippen LogP contribution in [-0.4, -0.2) is 24.9 Å². The molecule has 2 N–H and O–H groups in total. The molecule has 0 fully saturated rings. The third-order valence-electron chi connectivity index (χ3n) is 5.01. The zero-order valence-corrected chi connectivity index (χ0v) is 16.7. The van der Waals surface area contributed by atoms with Gasteiger partial charge in [-0.15, -0.1) is 0 Å². The largest absolute Gasteiger partial charge is 0.467 e. The summed E-state index contributed by atoms with van der Waals surface area (Å²) in [6.07, 6.45) is 2.48. The SMILES string of the molecule is O=C(NCC(c1ccco1)N1CCc2ccccc21)C(=O)Nc1ccc(F)c(Cl)c1. The van der Waals surface area contributed by atoms with E-state index in [1.807, 2.05) is 24.3 Å². The van der Waals surface area contributed by atoms with Crippen molar-refractivity contribution in [3.63, 3.8) is 0 Å². The van der Waals surface area contributed by atoms with Crippen molar-refractivity contribution in [1.82, 2.24) is 5.32 Å². The second-order valence-electron chi connectivity index (χ2n) is 6.90. The number of hydrogen-bond donors (Lipinski definition) is 2. The van der Waals surface area contributed by atoms with Crippen LogP contribution in [0.5, 0.6) is 0 Å². The van der Waals surface area contributed by atoms with E-state index in [9.17, 15) is 14.0 Å². The second kappa shape index (κ2) is 8.59. The number of fused-ring (bicyclic) bond motifs is 1. The van der Waals surface area contributed by atoms with Crippen molar-refractivity contribution in [3.8, 4) is 0 Å². The summed E-state index contributed by atoms with van der Waals surface area (Å²) in [5.74, 6) is -1.58. The number of furan rings is 1. The molecule has 2 aromatic carbocycles. The van der Waals surface area contributed by atoms with Crippen molar-refractivity contribution in [1.29, 1.82) is 0 Å². The first-order valence-electron chi connectivity index (χ1n) is 9.45. The van der Waals surface area contributed by atoms with Gasteiger partial charge in [-0.2, -0.15) is 0 Å². The Kier molecular flexibility index (Phi) is 5.72. The number of carbonyl (C=O) groups is 2. The highest BCUT2D eigenvalue weighted by atomic mass is 35.5. The molecule has 1 aliphatic heterocycles. The molecule has 0 bridgehead atoms. The van der Waals surface area contributed by atoms with Gasteiger partial charge in [0.2, 0.25) is 0 Å². The minimum absolute atomic E-state index is 0.140. The van der Waals surface area contributed by atoms with Gasteiger partial charge in [-0.3, -0.25) is 9.59 Å². The molecular weight excluding hydrogens is 409 g/mol. The lowest BCUT2D eigenvalue weighted by atomic mass is 10.1. The van der Waals surface area contributed by atoms with Crippen molar-refractivity contribution < 1.29 is 18.4 Å². The van der Waals surface area contributed by atoms with E-state index in [4.69, 9.17) is 16.0 Å². The maximum absolute atomic E-state index is 13.3. The fourth-order valence-corrected chi connectivity index (χ4v) is 3.74. The molecule has 2 amide bonds. The van der Waals surface area contributed by atoms with Crippen LogP contribution in [0.15, 0.2) is 65.3 Å². The topological polar surface area (TPSA) is 74.6 Å². The van der Waals surface area contributed by atoms with Crippen LogP contribution in [0, 0.1) is 5.82 Å². The Morgan fingerprint density at radius 1 is 1.13 bits per heavy atom. The summed E-state index contributed by atoms with van der Waals surface area (Å²) in [6.45, 7) is 0.957. The molecule has 4 rings (SSSR count). The van der Waals surface area contributed by atoms with Gasteiger partial charge in [0.1, 0.15) is 17.6 Å². The molecule has 0 spiro atoms. The standard InChI is InChI=1S/C22H19ClFN3O3/c23-16-12-15(7-8-17(16)24)26-22(29)21(28)25-13-19(20-6-3-11-30-20)27-10-9-14-4-1-2-5-18(14)27/h1-8,11-12,19H,9-10,13H2,(H,25,28)(H,26,29). The van der Waals surface area contributed by atoms with Crippen molar-refractivity contribution in [2.75, 3.05) is 23.3 Å². The highest BCUT2D eigenvalue weighted by Crippen LogP contribution is 2.34. The minimum Gasteiger partial charge on any atom is -0.467 e. The summed E-state index contributed by atoms with van der Waals surface area (Å²) in [7, 11) is 0. The molecule has 1 unspecified atom stereocenters. The van der Waals surface area contributed by atoms with Crippen molar-refractivity contribution in [2.24, 2.45) is 0 Å². The minimum atomic E-state index is -0.863. The number of nitrogens with one attached hydrogen (secondary N) is 2. The summed E-state index contributed by atoms with van der Waals surface area (Å²) in [5.41, 5.74) is 2.54. The molecule has 0 radical (unpaired) electrons. The van der Waals surface area contributed by atoms with Crippen molar-refractivity contribution in [3.05, 3.63) is 83.0 Å². The highest BCUT2D eigenvalue weighted by molar-refractivity contribution is 6.39. The van der Waals surface area contributed by atoms with Crippen LogP contribution in [-0.2, 0) is 16.0 Å². The number of nitrogens with zero attached hydrogens (tertiary/aromatic N) is 1. The normalized spacial score (nSPS) is 13.6. The Morgan fingerprint density at radius 2 is 1.97 bits per heavy atom. The van der Waals surface area contributed by atoms with Gasteiger partial charge in [0, 0.05) is 24.5 Å². The quantitative estimate of drug-likeness (QED) is 0.605. The Labute approximate surface area is 177 Å². The molecule has 30 heavy (non-hydrogen) atoms. The van der Waals surface area contributed by atoms with Crippen LogP contribution in [0.3, 0.4) is 0 Å². The molecule has 1 atom stereocenters. The first-order valence-corrected chi connectivity index (χ1v) is 9.83. The predicted octanol–water partition coefficient (Wildman–Crippen LogP) is 3.93. The Morgan fingerprint density at radius 3 is 2.73 bits per heavy atom. The Bertz CT molecular complexity index is 1070. The number of amides is 2. The number of carbonyl (C=O) groups excluding carboxylic acids is 2. The van der Waals surface area contributed by atoms with Crippen LogP contribution >= 0.6 is 11.6 Å². The number of benzene rings is 2. The molecule has 0 saturated heterocycles. The van der Waals surface area contributed by atoms with Crippen LogP contribution in [0.4, 0.5) is 15.8 Å². The highest BCUT2D eigenvalue weighted by Gasteiger charge is 2.29. The molecule has 8 heteroatoms. The van der Waals surface area contributed by atoms with Gasteiger partial charge in [0.25, 0.3) is 0 Å². The zero-order valence-electron chi connectivity index (χ0n) is 15.9. The Hall–Kier alpha value is -3.32. The Balaban J connectivity index is 1.44. The van der Waals surface area contributed by atoms with E-state index < -0.39 is 17.6 Å². The van der Waals surface area contributed by atoms with Gasteiger partial charge in [-0.05, 0) is 48.4 Å². The molecular formula is C22H19ClFN3O3. The van der Waals surface area contributed by atoms with Crippen LogP contribution in [0.25, 0.3) is 0 Å². The van der Waals surface area contributed by atoms with E-state index in [0.717, 1.165) is 24.7 Å². The van der Waals surface area contributed by atoms with E-state index >= 15 is 0 Å². The summed E-state index contributed by atoms with van der Waals surface area (Å²) in [6, 6.07) is 15.1. The molecule has 0 aliphatic carbocycles. The predicted molar refractivity (Wildman–Crippen MR) is 112 cm³/mol. The lowest BCUT2D eigenvalue weighted by Gasteiger charge is -2.29. The molecule has 6 nitrogen and oxygen atoms in total. The lowest BCUT2D eigenvalue weighted by Crippen LogP contribution is -2.41. The lowest BCUT2D eigenvalue weighted by molar-refractivity contribution is -0.136. The summed E-state index contributed by atoms with van der Waals surface area (Å²) in [5, 5.41) is 4.94. The number of halogens is 2. The zero-order chi connectivity index (χ0) is 21.1. The number of anilines is 2. The number of hydrogen-bond acceptors (Lipinski definition) is 4. The van der Waals surface area contributed by atoms with E-state index in [0.29, 0.717) is 5.76 Å². The van der Waals surface area contributed by atoms with Crippen molar-refractivity contribution >= 4 is 34.8 Å². The first-order chi connectivity index (χ1) is 14.5. The summed E-state index contributed by atoms with van der Waals surface area (Å²) >= 11 is 5.71. The van der Waals surface area contributed by atoms with E-state index in [1.54, 1.807) is 12.3 Å². The van der Waals surface area contributed by atoms with Crippen LogP contribution < -0.4 is 15.5 Å². The molecule has 1 aliphatic rings. The summed E-state index contributed by atoms with van der Waals surface area (Å²) in [4.78, 5) is 26.7. The molecule has 1 aromatic heterocycles. The fourth-order valence-electron chi connectivity index (χ4n) is 3.56. The van der Waals surface area contributed by atoms with E-state index in [1.165, 1.54) is 17.7 Å². The number of para-hydroxylation sites is 1. The van der Waals surface area contributed by atoms with E-state index in [2.05, 4.69) is 21.6 Å². The van der Waals surface area contributed by atoms with Gasteiger partial charge in [-0.25, -0.2) is 4.39 Å². The van der Waals surface area contributed by atoms with Gasteiger partial charge < -0.3 is 20.0 Å². The molecule has 2 heterocycles. The van der Waals surface area contributed by atoms with Gasteiger partial charge >= 0.3 is 11.8 Å². The molecule has 0 saturated carbocycles. The van der Waals surface area contributed by atoms with Gasteiger partial charge in [-0.1, -0.05) is 29.8 Å². The van der Waals surface area contributed by atoms with Crippen LogP contribution in [0.2, 0.25) is 5.02 Å². The monoisotopic (exact) mass is 427 g/mol. The van der Waals surface area contributed by atoms with Crippen LogP contribution in [0.1, 0.15) is 17.4 Å². The molecule has 3 aromatic rings. The van der Waals surface area contributed by atoms with Gasteiger partial charge in [0.15, 0.2) is 0 Å². The van der Waals surface area contributed by atoms with Crippen molar-refractivity contribution in [2.45, 2.75) is 12.5 Å². The first kappa shape index (κ1) is 20.0. The maximum atomic E-state index is 13.3. The third kappa shape index (κ3) is 4.16. The van der Waals surface area contributed by atoms with Gasteiger partial charge in [0.05, 0.1) is 11.3 Å². The smallest absolute Gasteiger partial charge is 0.313 e. The fraction of sp³-hybridized carbons (Fsp3) is 0.182. The summed E-state index contributed by atoms with van der Waals surface area (Å²) < 4.78 is 18.8. The molecule has 154 valence electrons. The maximum Gasteiger partial charge on any atom is 0.313 e. The van der Waals surface area contributed by atoms with E-state index in [-0.39, 0.29) is 23.3 Å². The average Bonchev–Trinajstić information content (AvgIpc) is 3.42. The average molecular weight is 428 g/mol. The number of rotatable bonds is 5. The third-order valence-corrected chi connectivity index (χ3v) is 5.30.